The molecule has 0 aliphatic carbocycles. The van der Waals surface area contributed by atoms with Crippen molar-refractivity contribution in [3.8, 4) is 11.5 Å². The molecule has 0 atom stereocenters. The molecule has 0 bridgehead atoms. The molecule has 1 amide bonds. The fourth-order valence-electron chi connectivity index (χ4n) is 3.00. The standard InChI is InChI=1S/C24H24ClNO5S/c1-18-5-11-22(12-6-18)31-17-3-4-24(27)26(20-9-13-21(30-2)14-10-20)32(28,29)23-15-7-19(25)8-16-23/h5-16H,3-4,17H2,1-2H3. The van der Waals surface area contributed by atoms with E-state index in [2.05, 4.69) is 0 Å². The second-order valence-electron chi connectivity index (χ2n) is 7.08. The van der Waals surface area contributed by atoms with Crippen molar-refractivity contribution in [2.45, 2.75) is 24.7 Å². The number of anilines is 1. The van der Waals surface area contributed by atoms with Crippen LogP contribution in [0, 0.1) is 6.92 Å². The Morgan fingerprint density at radius 2 is 1.50 bits per heavy atom. The summed E-state index contributed by atoms with van der Waals surface area (Å²) < 4.78 is 38.3. The third-order valence-corrected chi connectivity index (χ3v) is 6.73. The number of benzene rings is 3. The van der Waals surface area contributed by atoms with Crippen molar-refractivity contribution in [2.75, 3.05) is 18.0 Å². The molecule has 8 heteroatoms. The lowest BCUT2D eigenvalue weighted by molar-refractivity contribution is -0.117. The van der Waals surface area contributed by atoms with Crippen molar-refractivity contribution in [1.82, 2.24) is 0 Å². The van der Waals surface area contributed by atoms with Crippen LogP contribution in [0.1, 0.15) is 18.4 Å². The highest BCUT2D eigenvalue weighted by atomic mass is 35.5. The molecule has 3 aromatic carbocycles. The fraction of sp³-hybridized carbons (Fsp3) is 0.208. The highest BCUT2D eigenvalue weighted by Crippen LogP contribution is 2.27. The Bertz CT molecular complexity index is 1140. The maximum Gasteiger partial charge on any atom is 0.270 e. The Labute approximate surface area is 193 Å². The summed E-state index contributed by atoms with van der Waals surface area (Å²) >= 11 is 5.89. The second kappa shape index (κ2) is 10.5. The first-order chi connectivity index (χ1) is 15.3. The number of hydrogen-bond acceptors (Lipinski definition) is 5. The number of ether oxygens (including phenoxy) is 2. The minimum Gasteiger partial charge on any atom is -0.497 e. The Hall–Kier alpha value is -3.03. The number of methoxy groups -OCH3 is 1. The molecule has 3 aromatic rings. The molecule has 0 heterocycles. The molecule has 168 valence electrons. The van der Waals surface area contributed by atoms with Crippen LogP contribution >= 0.6 is 11.6 Å². The van der Waals surface area contributed by atoms with Crippen molar-refractivity contribution >= 4 is 33.2 Å². The molecule has 0 radical (unpaired) electrons. The van der Waals surface area contributed by atoms with Crippen LogP contribution < -0.4 is 13.8 Å². The van der Waals surface area contributed by atoms with E-state index in [4.69, 9.17) is 21.1 Å². The molecule has 0 aliphatic rings. The van der Waals surface area contributed by atoms with Gasteiger partial charge in [-0.25, -0.2) is 12.7 Å². The first kappa shape index (κ1) is 23.6. The lowest BCUT2D eigenvalue weighted by Crippen LogP contribution is -2.37. The highest BCUT2D eigenvalue weighted by molar-refractivity contribution is 7.93. The van der Waals surface area contributed by atoms with Gasteiger partial charge in [-0.2, -0.15) is 0 Å². The highest BCUT2D eigenvalue weighted by Gasteiger charge is 2.30. The molecular weight excluding hydrogens is 450 g/mol. The van der Waals surface area contributed by atoms with Crippen molar-refractivity contribution in [3.05, 3.63) is 83.4 Å². The van der Waals surface area contributed by atoms with E-state index in [-0.39, 0.29) is 23.6 Å². The molecule has 3 rings (SSSR count). The lowest BCUT2D eigenvalue weighted by Gasteiger charge is -2.23. The second-order valence-corrected chi connectivity index (χ2v) is 9.30. The van der Waals surface area contributed by atoms with Gasteiger partial charge >= 0.3 is 0 Å². The van der Waals surface area contributed by atoms with Crippen LogP contribution in [0.25, 0.3) is 0 Å². The molecule has 0 N–H and O–H groups in total. The van der Waals surface area contributed by atoms with Gasteiger partial charge in [-0.15, -0.1) is 0 Å². The molecule has 0 saturated carbocycles. The summed E-state index contributed by atoms with van der Waals surface area (Å²) in [5, 5.41) is 0.402. The van der Waals surface area contributed by atoms with Gasteiger partial charge in [-0.1, -0.05) is 29.3 Å². The van der Waals surface area contributed by atoms with Crippen molar-refractivity contribution in [1.29, 1.82) is 0 Å². The molecule has 0 unspecified atom stereocenters. The number of hydrogen-bond donors (Lipinski definition) is 0. The van der Waals surface area contributed by atoms with Gasteiger partial charge in [-0.05, 0) is 74.0 Å². The minimum absolute atomic E-state index is 0.00922. The molecule has 0 aromatic heterocycles. The van der Waals surface area contributed by atoms with Crippen LogP contribution in [0.15, 0.2) is 77.7 Å². The zero-order valence-corrected chi connectivity index (χ0v) is 19.4. The minimum atomic E-state index is -4.14. The number of aryl methyl sites for hydroxylation is 1. The van der Waals surface area contributed by atoms with Gasteiger partial charge in [0.2, 0.25) is 5.91 Å². The summed E-state index contributed by atoms with van der Waals surface area (Å²) in [5.41, 5.74) is 1.35. The Kier molecular flexibility index (Phi) is 7.77. The molecule has 0 aliphatic heterocycles. The van der Waals surface area contributed by atoms with E-state index >= 15 is 0 Å². The molecule has 32 heavy (non-hydrogen) atoms. The number of rotatable bonds is 9. The largest absolute Gasteiger partial charge is 0.497 e. The third-order valence-electron chi connectivity index (χ3n) is 4.71. The van der Waals surface area contributed by atoms with Gasteiger partial charge in [0.1, 0.15) is 11.5 Å². The van der Waals surface area contributed by atoms with Crippen LogP contribution in [0.4, 0.5) is 5.69 Å². The molecular formula is C24H24ClNO5S. The Balaban J connectivity index is 1.78. The van der Waals surface area contributed by atoms with Crippen molar-refractivity contribution in [3.63, 3.8) is 0 Å². The average molecular weight is 474 g/mol. The van der Waals surface area contributed by atoms with Crippen molar-refractivity contribution < 1.29 is 22.7 Å². The molecule has 0 saturated heterocycles. The van der Waals surface area contributed by atoms with Gasteiger partial charge in [-0.3, -0.25) is 4.79 Å². The molecule has 0 spiro atoms. The van der Waals surface area contributed by atoms with Crippen LogP contribution in [0.5, 0.6) is 11.5 Å². The maximum atomic E-state index is 13.3. The van der Waals surface area contributed by atoms with E-state index in [1.54, 1.807) is 12.1 Å². The summed E-state index contributed by atoms with van der Waals surface area (Å²) in [5.74, 6) is 0.693. The van der Waals surface area contributed by atoms with E-state index in [0.29, 0.717) is 22.9 Å². The summed E-state index contributed by atoms with van der Waals surface area (Å²) in [6.45, 7) is 2.27. The molecule has 0 fully saturated rings. The van der Waals surface area contributed by atoms with Gasteiger partial charge in [0.25, 0.3) is 10.0 Å². The molecule has 6 nitrogen and oxygen atoms in total. The fourth-order valence-corrected chi connectivity index (χ4v) is 4.57. The summed E-state index contributed by atoms with van der Waals surface area (Å²) in [4.78, 5) is 13.0. The smallest absolute Gasteiger partial charge is 0.270 e. The zero-order chi connectivity index (χ0) is 23.1. The predicted octanol–water partition coefficient (Wildman–Crippen LogP) is 5.24. The number of sulfonamides is 1. The normalized spacial score (nSPS) is 11.1. The maximum absolute atomic E-state index is 13.3. The van der Waals surface area contributed by atoms with Crippen molar-refractivity contribution in [2.24, 2.45) is 0 Å². The van der Waals surface area contributed by atoms with Gasteiger partial charge in [0.05, 0.1) is 24.3 Å². The SMILES string of the molecule is COc1ccc(N(C(=O)CCCOc2ccc(C)cc2)S(=O)(=O)c2ccc(Cl)cc2)cc1. The number of carbonyl (C=O) groups is 1. The van der Waals surface area contributed by atoms with Gasteiger partial charge in [0, 0.05) is 11.4 Å². The topological polar surface area (TPSA) is 72.9 Å². The average Bonchev–Trinajstić information content (AvgIpc) is 2.78. The number of carbonyl (C=O) groups excluding carboxylic acids is 1. The Morgan fingerprint density at radius 3 is 2.09 bits per heavy atom. The third kappa shape index (κ3) is 5.81. The van der Waals surface area contributed by atoms with Gasteiger partial charge in [0.15, 0.2) is 0 Å². The summed E-state index contributed by atoms with van der Waals surface area (Å²) in [7, 11) is -2.63. The summed E-state index contributed by atoms with van der Waals surface area (Å²) in [6, 6.07) is 19.6. The Morgan fingerprint density at radius 1 is 0.906 bits per heavy atom. The quantitative estimate of drug-likeness (QED) is 0.397. The first-order valence-corrected chi connectivity index (χ1v) is 11.8. The van der Waals surface area contributed by atoms with E-state index < -0.39 is 15.9 Å². The van der Waals surface area contributed by atoms with E-state index in [1.807, 2.05) is 31.2 Å². The van der Waals surface area contributed by atoms with Crippen LogP contribution in [0.2, 0.25) is 5.02 Å². The van der Waals surface area contributed by atoms with E-state index in [1.165, 1.54) is 43.5 Å². The number of nitrogens with zero attached hydrogens (tertiary/aromatic N) is 1. The van der Waals surface area contributed by atoms with E-state index in [0.717, 1.165) is 9.87 Å². The van der Waals surface area contributed by atoms with Crippen LogP contribution in [-0.4, -0.2) is 28.0 Å². The monoisotopic (exact) mass is 473 g/mol. The van der Waals surface area contributed by atoms with Gasteiger partial charge < -0.3 is 9.47 Å². The number of halogens is 1. The lowest BCUT2D eigenvalue weighted by atomic mass is 10.2. The summed E-state index contributed by atoms with van der Waals surface area (Å²) in [6.07, 6.45) is 0.347. The van der Waals surface area contributed by atoms with E-state index in [9.17, 15) is 13.2 Å². The van der Waals surface area contributed by atoms with Crippen LogP contribution in [-0.2, 0) is 14.8 Å². The number of amides is 1. The predicted molar refractivity (Wildman–Crippen MR) is 125 cm³/mol. The zero-order valence-electron chi connectivity index (χ0n) is 17.8. The van der Waals surface area contributed by atoms with Crippen LogP contribution in [0.3, 0.4) is 0 Å². The first-order valence-electron chi connectivity index (χ1n) is 9.98.